The van der Waals surface area contributed by atoms with Crippen LogP contribution in [0.1, 0.15) is 56.6 Å². The number of hydrogen-bond donors (Lipinski definition) is 1. The van der Waals surface area contributed by atoms with Gasteiger partial charge in [0, 0.05) is 41.5 Å². The van der Waals surface area contributed by atoms with Gasteiger partial charge in [-0.1, -0.05) is 19.1 Å². The van der Waals surface area contributed by atoms with E-state index >= 15 is 0 Å². The van der Waals surface area contributed by atoms with Gasteiger partial charge in [-0.25, -0.2) is 8.78 Å². The van der Waals surface area contributed by atoms with Crippen LogP contribution in [-0.4, -0.2) is 36.3 Å². The van der Waals surface area contributed by atoms with Gasteiger partial charge in [-0.2, -0.15) is 5.26 Å². The molecule has 38 heavy (non-hydrogen) atoms. The third-order valence-electron chi connectivity index (χ3n) is 7.20. The number of carbonyl (C=O) groups excluding carboxylic acids is 1. The third-order valence-corrected chi connectivity index (χ3v) is 9.46. The summed E-state index contributed by atoms with van der Waals surface area (Å²) in [6.45, 7) is 4.55. The Hall–Kier alpha value is -2.77. The molecule has 0 saturated carbocycles. The van der Waals surface area contributed by atoms with E-state index in [9.17, 15) is 13.6 Å². The molecule has 0 unspecified atom stereocenters. The fraction of sp³-hybridized carbons (Fsp3) is 0.379. The van der Waals surface area contributed by atoms with Crippen LogP contribution in [0, 0.1) is 23.0 Å². The minimum atomic E-state index is -0.692. The lowest BCUT2D eigenvalue weighted by atomic mass is 9.85. The minimum absolute atomic E-state index is 0.0148. The normalized spacial score (nSPS) is 16.7. The van der Waals surface area contributed by atoms with Gasteiger partial charge in [-0.05, 0) is 66.5 Å². The number of halogens is 2. The number of fused-ring (bicyclic) bond motifs is 2. The molecule has 5 rings (SSSR count). The minimum Gasteiger partial charge on any atom is -0.369 e. The Morgan fingerprint density at radius 1 is 1.18 bits per heavy atom. The fourth-order valence-corrected chi connectivity index (χ4v) is 7.15. The van der Waals surface area contributed by atoms with Crippen LogP contribution in [0.15, 0.2) is 47.4 Å². The number of nitriles is 1. The van der Waals surface area contributed by atoms with Crippen LogP contribution in [-0.2, 0) is 29.8 Å². The average molecular weight is 554 g/mol. The molecule has 1 spiro atoms. The molecule has 1 amide bonds. The van der Waals surface area contributed by atoms with Crippen molar-refractivity contribution >= 4 is 29.0 Å². The summed E-state index contributed by atoms with van der Waals surface area (Å²) in [5.74, 6) is -0.447. The lowest BCUT2D eigenvalue weighted by molar-refractivity contribution is -0.0962. The second kappa shape index (κ2) is 11.5. The van der Waals surface area contributed by atoms with Crippen molar-refractivity contribution in [3.8, 4) is 6.07 Å². The van der Waals surface area contributed by atoms with Gasteiger partial charge in [0.1, 0.15) is 17.2 Å². The predicted octanol–water partition coefficient (Wildman–Crippen LogP) is 6.00. The first kappa shape index (κ1) is 26.8. The molecule has 1 aromatic heterocycles. The highest BCUT2D eigenvalue weighted by molar-refractivity contribution is 7.99. The van der Waals surface area contributed by atoms with Gasteiger partial charge >= 0.3 is 0 Å². The van der Waals surface area contributed by atoms with E-state index in [0.717, 1.165) is 40.3 Å². The number of thiophene rings is 1. The van der Waals surface area contributed by atoms with Gasteiger partial charge < -0.3 is 10.1 Å². The predicted molar refractivity (Wildman–Crippen MR) is 145 cm³/mol. The van der Waals surface area contributed by atoms with Crippen LogP contribution in [0.2, 0.25) is 0 Å². The molecule has 9 heteroatoms. The molecule has 0 aliphatic carbocycles. The van der Waals surface area contributed by atoms with E-state index in [4.69, 9.17) is 10.00 Å². The Morgan fingerprint density at radius 2 is 1.89 bits per heavy atom. The van der Waals surface area contributed by atoms with E-state index in [1.54, 1.807) is 17.8 Å². The Morgan fingerprint density at radius 3 is 2.55 bits per heavy atom. The average Bonchev–Trinajstić information content (AvgIpc) is 3.38. The quantitative estimate of drug-likeness (QED) is 0.364. The Kier molecular flexibility index (Phi) is 8.15. The molecule has 1 saturated heterocycles. The second-order valence-electron chi connectivity index (χ2n) is 9.62. The Bertz CT molecular complexity index is 1340. The van der Waals surface area contributed by atoms with Crippen molar-refractivity contribution in [3.05, 3.63) is 86.1 Å². The van der Waals surface area contributed by atoms with Gasteiger partial charge in [-0.15, -0.1) is 23.1 Å². The van der Waals surface area contributed by atoms with Crippen LogP contribution < -0.4 is 5.32 Å². The maximum atomic E-state index is 14.4. The van der Waals surface area contributed by atoms with Crippen LogP contribution in [0.25, 0.3) is 0 Å². The highest BCUT2D eigenvalue weighted by Crippen LogP contribution is 2.45. The number of amides is 1. The summed E-state index contributed by atoms with van der Waals surface area (Å²) in [7, 11) is 0. The number of likely N-dealkylation sites (tertiary alicyclic amines) is 1. The molecule has 2 aliphatic heterocycles. The number of hydrogen-bond acceptors (Lipinski definition) is 6. The first-order valence-electron chi connectivity index (χ1n) is 12.8. The van der Waals surface area contributed by atoms with Gasteiger partial charge in [0.05, 0.1) is 23.1 Å². The summed E-state index contributed by atoms with van der Waals surface area (Å²) < 4.78 is 35.2. The molecular formula is C29H29F2N3O2S2. The molecule has 2 aliphatic rings. The van der Waals surface area contributed by atoms with Crippen molar-refractivity contribution < 1.29 is 18.3 Å². The van der Waals surface area contributed by atoms with Crippen molar-refractivity contribution in [3.63, 3.8) is 0 Å². The van der Waals surface area contributed by atoms with Gasteiger partial charge in [0.15, 0.2) is 0 Å². The van der Waals surface area contributed by atoms with E-state index in [0.29, 0.717) is 44.0 Å². The molecule has 3 heterocycles. The zero-order valence-electron chi connectivity index (χ0n) is 21.2. The number of carbonyl (C=O) groups is 1. The van der Waals surface area contributed by atoms with Crippen LogP contribution in [0.5, 0.6) is 0 Å². The lowest BCUT2D eigenvalue weighted by Crippen LogP contribution is -2.45. The van der Waals surface area contributed by atoms with Crippen LogP contribution in [0.4, 0.5) is 8.78 Å². The topological polar surface area (TPSA) is 65.4 Å². The SMILES string of the molecule is CCSc1ccc(CNC(=O)c2cc3c(s2)C2(CCN(Cc4c(F)cc(C#N)cc4F)CC2)OCC3)cc1. The molecule has 0 bridgehead atoms. The third kappa shape index (κ3) is 5.64. The molecule has 1 N–H and O–H groups in total. The largest absolute Gasteiger partial charge is 0.369 e. The first-order chi connectivity index (χ1) is 18.4. The summed E-state index contributed by atoms with van der Waals surface area (Å²) >= 11 is 3.29. The first-order valence-corrected chi connectivity index (χ1v) is 14.6. The van der Waals surface area contributed by atoms with E-state index in [1.807, 2.05) is 23.1 Å². The van der Waals surface area contributed by atoms with Crippen LogP contribution in [0.3, 0.4) is 0 Å². The number of benzene rings is 2. The number of nitrogens with zero attached hydrogens (tertiary/aromatic N) is 2. The summed E-state index contributed by atoms with van der Waals surface area (Å²) in [5.41, 5.74) is 1.71. The van der Waals surface area contributed by atoms with E-state index in [1.165, 1.54) is 16.2 Å². The number of ether oxygens (including phenoxy) is 1. The molecule has 198 valence electrons. The lowest BCUT2D eigenvalue weighted by Gasteiger charge is -2.43. The molecule has 2 aromatic carbocycles. The highest BCUT2D eigenvalue weighted by Gasteiger charge is 2.43. The number of piperidine rings is 1. The van der Waals surface area contributed by atoms with Crippen molar-refractivity contribution in [1.29, 1.82) is 5.26 Å². The summed E-state index contributed by atoms with van der Waals surface area (Å²) in [6, 6.07) is 14.2. The Labute approximate surface area is 229 Å². The molecule has 3 aromatic rings. The summed E-state index contributed by atoms with van der Waals surface area (Å²) in [5, 5.41) is 12.0. The number of rotatable bonds is 7. The highest BCUT2D eigenvalue weighted by atomic mass is 32.2. The maximum Gasteiger partial charge on any atom is 0.261 e. The monoisotopic (exact) mass is 553 g/mol. The van der Waals surface area contributed by atoms with Crippen LogP contribution >= 0.6 is 23.1 Å². The summed E-state index contributed by atoms with van der Waals surface area (Å²) in [4.78, 5) is 18.0. The standard InChI is InChI=1S/C29H29F2N3O2S2/c1-2-37-22-5-3-19(4-6-22)17-33-28(35)26-15-21-7-12-36-29(27(21)38-26)8-10-34(11-9-29)18-23-24(30)13-20(16-32)14-25(23)31/h3-6,13-15H,2,7-12,17-18H2,1H3,(H,33,35). The molecule has 0 radical (unpaired) electrons. The maximum absolute atomic E-state index is 14.4. The van der Waals surface area contributed by atoms with Gasteiger partial charge in [0.25, 0.3) is 5.91 Å². The number of thioether (sulfide) groups is 1. The molecule has 1 fully saturated rings. The molecule has 0 atom stereocenters. The smallest absolute Gasteiger partial charge is 0.261 e. The van der Waals surface area contributed by atoms with E-state index < -0.39 is 17.2 Å². The van der Waals surface area contributed by atoms with Crippen molar-refractivity contribution in [1.82, 2.24) is 10.2 Å². The van der Waals surface area contributed by atoms with Crippen molar-refractivity contribution in [2.24, 2.45) is 0 Å². The fourth-order valence-electron chi connectivity index (χ4n) is 5.16. The van der Waals surface area contributed by atoms with Gasteiger partial charge in [-0.3, -0.25) is 9.69 Å². The van der Waals surface area contributed by atoms with Crippen molar-refractivity contribution in [2.75, 3.05) is 25.4 Å². The summed E-state index contributed by atoms with van der Waals surface area (Å²) in [6.07, 6.45) is 2.13. The van der Waals surface area contributed by atoms with E-state index in [-0.39, 0.29) is 23.6 Å². The number of nitrogens with one attached hydrogen (secondary N) is 1. The molecular weight excluding hydrogens is 524 g/mol. The Balaban J connectivity index is 1.23. The zero-order chi connectivity index (χ0) is 26.7. The van der Waals surface area contributed by atoms with Crippen molar-refractivity contribution in [2.45, 2.75) is 49.8 Å². The van der Waals surface area contributed by atoms with E-state index in [2.05, 4.69) is 24.4 Å². The second-order valence-corrected chi connectivity index (χ2v) is 12.0. The molecule has 5 nitrogen and oxygen atoms in total. The zero-order valence-corrected chi connectivity index (χ0v) is 22.8. The van der Waals surface area contributed by atoms with Gasteiger partial charge in [0.2, 0.25) is 0 Å².